The fourth-order valence-electron chi connectivity index (χ4n) is 2.10. The Bertz CT molecular complexity index is 929. The normalized spacial score (nSPS) is 11.1. The molecule has 25 heavy (non-hydrogen) atoms. The van der Waals surface area contributed by atoms with Crippen LogP contribution in [0, 0.1) is 15.9 Å². The summed E-state index contributed by atoms with van der Waals surface area (Å²) in [6, 6.07) is 8.18. The molecule has 0 radical (unpaired) electrons. The Labute approximate surface area is 142 Å². The smallest absolute Gasteiger partial charge is 0.303 e. The van der Waals surface area contributed by atoms with Gasteiger partial charge in [-0.05, 0) is 30.2 Å². The maximum absolute atomic E-state index is 13.9. The Morgan fingerprint density at radius 1 is 1.24 bits per heavy atom. The SMILES string of the molecule is O=C(O)CCc1ccc(NS(=O)(=O)c2ccccc2[N+](=O)[O-])cc1F. The first kappa shape index (κ1) is 18.3. The molecule has 0 aromatic heterocycles. The van der Waals surface area contributed by atoms with Crippen LogP contribution < -0.4 is 4.72 Å². The van der Waals surface area contributed by atoms with Crippen LogP contribution in [0.3, 0.4) is 0 Å². The van der Waals surface area contributed by atoms with Crippen molar-refractivity contribution in [1.29, 1.82) is 0 Å². The highest BCUT2D eigenvalue weighted by Gasteiger charge is 2.25. The number of benzene rings is 2. The topological polar surface area (TPSA) is 127 Å². The number of aliphatic carboxylic acids is 1. The van der Waals surface area contributed by atoms with Gasteiger partial charge in [-0.25, -0.2) is 12.8 Å². The van der Waals surface area contributed by atoms with Crippen molar-refractivity contribution in [2.24, 2.45) is 0 Å². The first-order valence-corrected chi connectivity index (χ1v) is 8.45. The maximum atomic E-state index is 13.9. The van der Waals surface area contributed by atoms with E-state index < -0.39 is 37.3 Å². The van der Waals surface area contributed by atoms with Crippen LogP contribution in [0.5, 0.6) is 0 Å². The number of nitrogens with zero attached hydrogens (tertiary/aromatic N) is 1. The highest BCUT2D eigenvalue weighted by molar-refractivity contribution is 7.92. The van der Waals surface area contributed by atoms with Crippen LogP contribution in [0.4, 0.5) is 15.8 Å². The largest absolute Gasteiger partial charge is 0.481 e. The average molecular weight is 368 g/mol. The van der Waals surface area contributed by atoms with Crippen molar-refractivity contribution >= 4 is 27.4 Å². The van der Waals surface area contributed by atoms with Crippen molar-refractivity contribution in [1.82, 2.24) is 0 Å². The number of halogens is 1. The van der Waals surface area contributed by atoms with E-state index in [1.807, 2.05) is 0 Å². The summed E-state index contributed by atoms with van der Waals surface area (Å²) in [7, 11) is -4.30. The number of sulfonamides is 1. The molecule has 132 valence electrons. The molecular formula is C15H13FN2O6S. The number of carboxylic acid groups (broad SMARTS) is 1. The van der Waals surface area contributed by atoms with Crippen molar-refractivity contribution in [3.05, 3.63) is 64.0 Å². The number of para-hydroxylation sites is 1. The van der Waals surface area contributed by atoms with Gasteiger partial charge in [0.1, 0.15) is 5.82 Å². The third kappa shape index (κ3) is 4.51. The van der Waals surface area contributed by atoms with E-state index in [1.54, 1.807) is 0 Å². The summed E-state index contributed by atoms with van der Waals surface area (Å²) in [5.74, 6) is -1.86. The van der Waals surface area contributed by atoms with E-state index >= 15 is 0 Å². The molecule has 0 aliphatic rings. The zero-order valence-corrected chi connectivity index (χ0v) is 13.5. The lowest BCUT2D eigenvalue weighted by molar-refractivity contribution is -0.387. The zero-order valence-electron chi connectivity index (χ0n) is 12.7. The first-order chi connectivity index (χ1) is 11.7. The van der Waals surface area contributed by atoms with Crippen LogP contribution in [0.25, 0.3) is 0 Å². The number of nitrogens with one attached hydrogen (secondary N) is 1. The van der Waals surface area contributed by atoms with Crippen LogP contribution in [0.2, 0.25) is 0 Å². The number of aryl methyl sites for hydroxylation is 1. The van der Waals surface area contributed by atoms with Crippen LogP contribution in [0.15, 0.2) is 47.4 Å². The molecule has 8 nitrogen and oxygen atoms in total. The number of rotatable bonds is 7. The molecule has 10 heteroatoms. The highest BCUT2D eigenvalue weighted by atomic mass is 32.2. The minimum Gasteiger partial charge on any atom is -0.481 e. The Morgan fingerprint density at radius 2 is 1.92 bits per heavy atom. The van der Waals surface area contributed by atoms with Crippen molar-refractivity contribution in [2.45, 2.75) is 17.7 Å². The number of hydrogen-bond acceptors (Lipinski definition) is 5. The van der Waals surface area contributed by atoms with Gasteiger partial charge in [0.15, 0.2) is 4.90 Å². The van der Waals surface area contributed by atoms with Gasteiger partial charge in [-0.3, -0.25) is 19.6 Å². The second kappa shape index (κ2) is 7.26. The minimum atomic E-state index is -4.30. The van der Waals surface area contributed by atoms with Crippen molar-refractivity contribution in [3.63, 3.8) is 0 Å². The van der Waals surface area contributed by atoms with Gasteiger partial charge in [0.2, 0.25) is 0 Å². The van der Waals surface area contributed by atoms with Crippen molar-refractivity contribution < 1.29 is 27.6 Å². The summed E-state index contributed by atoms with van der Waals surface area (Å²) >= 11 is 0. The fourth-order valence-corrected chi connectivity index (χ4v) is 3.32. The van der Waals surface area contributed by atoms with Gasteiger partial charge in [-0.2, -0.15) is 0 Å². The summed E-state index contributed by atoms with van der Waals surface area (Å²) < 4.78 is 40.7. The molecule has 0 fully saturated rings. The van der Waals surface area contributed by atoms with E-state index in [0.717, 1.165) is 18.2 Å². The molecule has 2 aromatic carbocycles. The van der Waals surface area contributed by atoms with Gasteiger partial charge >= 0.3 is 5.97 Å². The van der Waals surface area contributed by atoms with Gasteiger partial charge < -0.3 is 5.11 Å². The molecule has 0 aliphatic carbocycles. The van der Waals surface area contributed by atoms with Gasteiger partial charge in [-0.1, -0.05) is 18.2 Å². The minimum absolute atomic E-state index is 0.0433. The zero-order chi connectivity index (χ0) is 18.6. The fraction of sp³-hybridized carbons (Fsp3) is 0.133. The Hall–Kier alpha value is -3.01. The molecule has 2 N–H and O–H groups in total. The number of carboxylic acids is 1. The van der Waals surface area contributed by atoms with Crippen LogP contribution >= 0.6 is 0 Å². The summed E-state index contributed by atoms with van der Waals surface area (Å²) in [6.07, 6.45) is -0.309. The molecule has 0 saturated heterocycles. The number of carbonyl (C=O) groups is 1. The van der Waals surface area contributed by atoms with Crippen molar-refractivity contribution in [3.8, 4) is 0 Å². The predicted molar refractivity (Wildman–Crippen MR) is 86.3 cm³/mol. The van der Waals surface area contributed by atoms with Gasteiger partial charge in [-0.15, -0.1) is 0 Å². The third-order valence-corrected chi connectivity index (χ3v) is 4.69. The van der Waals surface area contributed by atoms with E-state index in [9.17, 15) is 27.7 Å². The lowest BCUT2D eigenvalue weighted by Crippen LogP contribution is -2.15. The van der Waals surface area contributed by atoms with E-state index in [2.05, 4.69) is 4.72 Å². The van der Waals surface area contributed by atoms with Crippen LogP contribution in [-0.4, -0.2) is 24.4 Å². The number of nitro groups is 1. The van der Waals surface area contributed by atoms with E-state index in [1.165, 1.54) is 24.3 Å². The second-order valence-corrected chi connectivity index (χ2v) is 6.68. The third-order valence-electron chi connectivity index (χ3n) is 3.26. The molecule has 0 heterocycles. The Balaban J connectivity index is 2.28. The van der Waals surface area contributed by atoms with E-state index in [0.29, 0.717) is 0 Å². The van der Waals surface area contributed by atoms with E-state index in [4.69, 9.17) is 5.11 Å². The molecule has 0 unspecified atom stereocenters. The Morgan fingerprint density at radius 3 is 2.52 bits per heavy atom. The average Bonchev–Trinajstić information content (AvgIpc) is 2.53. The standard InChI is InChI=1S/C15H13FN2O6S/c16-12-9-11(7-5-10(12)6-8-15(19)20)17-25(23,24)14-4-2-1-3-13(14)18(21)22/h1-5,7,9,17H,6,8H2,(H,19,20). The molecule has 0 saturated carbocycles. The lowest BCUT2D eigenvalue weighted by Gasteiger charge is -2.10. The summed E-state index contributed by atoms with van der Waals surface area (Å²) in [5.41, 5.74) is -0.612. The first-order valence-electron chi connectivity index (χ1n) is 6.97. The lowest BCUT2D eigenvalue weighted by atomic mass is 10.1. The number of anilines is 1. The molecular weight excluding hydrogens is 355 g/mol. The molecule has 0 bridgehead atoms. The molecule has 2 rings (SSSR count). The summed E-state index contributed by atoms with van der Waals surface area (Å²) in [4.78, 5) is 20.1. The van der Waals surface area contributed by atoms with Gasteiger partial charge in [0, 0.05) is 12.5 Å². The second-order valence-electron chi connectivity index (χ2n) is 5.03. The highest BCUT2D eigenvalue weighted by Crippen LogP contribution is 2.26. The number of hydrogen-bond donors (Lipinski definition) is 2. The Kier molecular flexibility index (Phi) is 5.32. The summed E-state index contributed by atoms with van der Waals surface area (Å²) in [6.45, 7) is 0. The molecule has 0 aliphatic heterocycles. The maximum Gasteiger partial charge on any atom is 0.303 e. The van der Waals surface area contributed by atoms with Gasteiger partial charge in [0.25, 0.3) is 15.7 Å². The molecule has 2 aromatic rings. The quantitative estimate of drug-likeness (QED) is 0.571. The summed E-state index contributed by atoms with van der Waals surface area (Å²) in [5, 5.41) is 19.6. The van der Waals surface area contributed by atoms with Gasteiger partial charge in [0.05, 0.1) is 10.6 Å². The predicted octanol–water partition coefficient (Wildman–Crippen LogP) is 2.55. The molecule has 0 atom stereocenters. The number of nitro benzene ring substituents is 1. The van der Waals surface area contributed by atoms with Crippen LogP contribution in [0.1, 0.15) is 12.0 Å². The van der Waals surface area contributed by atoms with Crippen molar-refractivity contribution in [2.75, 3.05) is 4.72 Å². The molecule has 0 spiro atoms. The van der Waals surface area contributed by atoms with E-state index in [-0.39, 0.29) is 24.1 Å². The molecule has 0 amide bonds. The van der Waals surface area contributed by atoms with Crippen LogP contribution in [-0.2, 0) is 21.2 Å². The monoisotopic (exact) mass is 368 g/mol.